The molecule has 1 aliphatic carbocycles. The first-order valence-electron chi connectivity index (χ1n) is 12.3. The van der Waals surface area contributed by atoms with Gasteiger partial charge in [0.15, 0.2) is 6.61 Å². The Morgan fingerprint density at radius 2 is 1.67 bits per heavy atom. The lowest BCUT2D eigenvalue weighted by Crippen LogP contribution is -2.25. The van der Waals surface area contributed by atoms with E-state index < -0.39 is 0 Å². The molecule has 4 aromatic rings. The molecule has 0 atom stereocenters. The van der Waals surface area contributed by atoms with Gasteiger partial charge in [-0.25, -0.2) is 0 Å². The minimum Gasteiger partial charge on any atom is -0.489 e. The number of amides is 1. The van der Waals surface area contributed by atoms with Crippen LogP contribution < -0.4 is 14.8 Å². The number of aryl methyl sites for hydroxylation is 3. The Hall–Kier alpha value is -4.31. The van der Waals surface area contributed by atoms with Crippen molar-refractivity contribution in [1.29, 1.82) is 0 Å². The highest BCUT2D eigenvalue weighted by atomic mass is 16.5. The van der Waals surface area contributed by atoms with Crippen LogP contribution in [0.2, 0.25) is 0 Å². The van der Waals surface area contributed by atoms with E-state index in [4.69, 9.17) is 9.47 Å². The number of carbonyl (C=O) groups is 1. The van der Waals surface area contributed by atoms with Crippen molar-refractivity contribution in [3.05, 3.63) is 124 Å². The quantitative estimate of drug-likeness (QED) is 0.364. The Morgan fingerprint density at radius 1 is 0.889 bits per heavy atom. The molecule has 1 aliphatic heterocycles. The van der Waals surface area contributed by atoms with Crippen molar-refractivity contribution in [1.82, 2.24) is 0 Å². The molecule has 6 rings (SSSR count). The molecular formula is C32H27NO3. The van der Waals surface area contributed by atoms with Gasteiger partial charge in [0, 0.05) is 0 Å². The summed E-state index contributed by atoms with van der Waals surface area (Å²) in [6.45, 7) is 2.62. The second-order valence-electron chi connectivity index (χ2n) is 9.36. The Kier molecular flexibility index (Phi) is 5.78. The molecule has 4 aromatic carbocycles. The maximum atomic E-state index is 11.9. The lowest BCUT2D eigenvalue weighted by atomic mass is 9.91. The smallest absolute Gasteiger partial charge is 0.262 e. The molecule has 0 saturated heterocycles. The average Bonchev–Trinajstić information content (AvgIpc) is 3.05. The van der Waals surface area contributed by atoms with Crippen LogP contribution in [0.5, 0.6) is 11.5 Å². The molecule has 0 spiro atoms. The highest BCUT2D eigenvalue weighted by molar-refractivity contribution is 5.98. The highest BCUT2D eigenvalue weighted by Gasteiger charge is 2.21. The third-order valence-corrected chi connectivity index (χ3v) is 6.82. The van der Waals surface area contributed by atoms with Crippen molar-refractivity contribution in [3.8, 4) is 11.5 Å². The molecule has 0 unspecified atom stereocenters. The van der Waals surface area contributed by atoms with Crippen LogP contribution in [0.3, 0.4) is 0 Å². The van der Waals surface area contributed by atoms with E-state index in [-0.39, 0.29) is 12.5 Å². The summed E-state index contributed by atoms with van der Waals surface area (Å²) in [4.78, 5) is 11.9. The first kappa shape index (κ1) is 22.2. The van der Waals surface area contributed by atoms with E-state index in [0.717, 1.165) is 46.7 Å². The van der Waals surface area contributed by atoms with Gasteiger partial charge < -0.3 is 14.8 Å². The van der Waals surface area contributed by atoms with Gasteiger partial charge in [-0.15, -0.1) is 0 Å². The number of rotatable bonds is 4. The number of benzene rings is 4. The SMILES string of the molecule is Cc1cc(C=C2c3ccccc3CCc3cc(OCc4ccccc4)ccc32)cc2c1OCC(=O)N2. The maximum absolute atomic E-state index is 11.9. The summed E-state index contributed by atoms with van der Waals surface area (Å²) < 4.78 is 11.8. The van der Waals surface area contributed by atoms with Crippen molar-refractivity contribution in [2.45, 2.75) is 26.4 Å². The van der Waals surface area contributed by atoms with Gasteiger partial charge in [0.2, 0.25) is 0 Å². The average molecular weight is 474 g/mol. The van der Waals surface area contributed by atoms with Gasteiger partial charge in [-0.2, -0.15) is 0 Å². The zero-order valence-corrected chi connectivity index (χ0v) is 20.2. The predicted octanol–water partition coefficient (Wildman–Crippen LogP) is 6.59. The molecule has 1 amide bonds. The molecule has 0 bridgehead atoms. The number of ether oxygens (including phenoxy) is 2. The van der Waals surface area contributed by atoms with E-state index in [1.54, 1.807) is 0 Å². The molecule has 1 N–H and O–H groups in total. The summed E-state index contributed by atoms with van der Waals surface area (Å²) in [5.41, 5.74) is 10.1. The van der Waals surface area contributed by atoms with E-state index in [2.05, 4.69) is 72.1 Å². The van der Waals surface area contributed by atoms with Crippen molar-refractivity contribution in [2.75, 3.05) is 11.9 Å². The largest absolute Gasteiger partial charge is 0.489 e. The fourth-order valence-electron chi connectivity index (χ4n) is 5.10. The van der Waals surface area contributed by atoms with Crippen LogP contribution in [0.1, 0.15) is 38.9 Å². The number of nitrogens with one attached hydrogen (secondary N) is 1. The normalized spacial score (nSPS) is 15.1. The van der Waals surface area contributed by atoms with E-state index in [1.807, 2.05) is 31.2 Å². The fraction of sp³-hybridized carbons (Fsp3) is 0.156. The monoisotopic (exact) mass is 473 g/mol. The molecule has 1 heterocycles. The molecule has 0 fully saturated rings. The highest BCUT2D eigenvalue weighted by Crippen LogP contribution is 2.39. The molecule has 4 nitrogen and oxygen atoms in total. The van der Waals surface area contributed by atoms with E-state index in [0.29, 0.717) is 6.61 Å². The van der Waals surface area contributed by atoms with Crippen molar-refractivity contribution in [3.63, 3.8) is 0 Å². The number of carbonyl (C=O) groups excluding carboxylic acids is 1. The van der Waals surface area contributed by atoms with E-state index >= 15 is 0 Å². The summed E-state index contributed by atoms with van der Waals surface area (Å²) in [6.07, 6.45) is 4.14. The van der Waals surface area contributed by atoms with Crippen LogP contribution in [-0.2, 0) is 24.2 Å². The number of hydrogen-bond donors (Lipinski definition) is 1. The van der Waals surface area contributed by atoms with Crippen LogP contribution in [0.15, 0.2) is 84.9 Å². The molecule has 0 saturated carbocycles. The third-order valence-electron chi connectivity index (χ3n) is 6.82. The number of fused-ring (bicyclic) bond motifs is 3. The third kappa shape index (κ3) is 4.38. The van der Waals surface area contributed by atoms with Gasteiger partial charge in [0.1, 0.15) is 18.1 Å². The standard InChI is InChI=1S/C32H27NO3/c1-21-15-23(17-30-32(21)36-20-31(34)33-30)16-29-27-10-6-5-9-24(27)11-12-25-18-26(13-14-28(25)29)35-19-22-7-3-2-4-8-22/h2-10,13-18H,11-12,19-20H2,1H3,(H,33,34). The topological polar surface area (TPSA) is 47.6 Å². The Labute approximate surface area is 211 Å². The second kappa shape index (κ2) is 9.38. The zero-order chi connectivity index (χ0) is 24.5. The van der Waals surface area contributed by atoms with Gasteiger partial charge in [-0.3, -0.25) is 4.79 Å². The Balaban J connectivity index is 1.41. The molecule has 4 heteroatoms. The van der Waals surface area contributed by atoms with Crippen molar-refractivity contribution < 1.29 is 14.3 Å². The first-order valence-corrected chi connectivity index (χ1v) is 12.3. The molecule has 0 radical (unpaired) electrons. The first-order chi connectivity index (χ1) is 17.6. The minimum atomic E-state index is -0.125. The molecule has 178 valence electrons. The Bertz CT molecular complexity index is 1490. The molecule has 36 heavy (non-hydrogen) atoms. The van der Waals surface area contributed by atoms with Crippen LogP contribution in [0, 0.1) is 6.92 Å². The zero-order valence-electron chi connectivity index (χ0n) is 20.2. The van der Waals surface area contributed by atoms with Crippen LogP contribution in [-0.4, -0.2) is 12.5 Å². The summed E-state index contributed by atoms with van der Waals surface area (Å²) in [5.74, 6) is 1.51. The van der Waals surface area contributed by atoms with Crippen molar-refractivity contribution in [2.24, 2.45) is 0 Å². The molecular weight excluding hydrogens is 446 g/mol. The van der Waals surface area contributed by atoms with E-state index in [9.17, 15) is 4.79 Å². The van der Waals surface area contributed by atoms with Gasteiger partial charge >= 0.3 is 0 Å². The number of anilines is 1. The Morgan fingerprint density at radius 3 is 2.56 bits per heavy atom. The lowest BCUT2D eigenvalue weighted by Gasteiger charge is -2.21. The van der Waals surface area contributed by atoms with Crippen LogP contribution in [0.4, 0.5) is 5.69 Å². The van der Waals surface area contributed by atoms with E-state index in [1.165, 1.54) is 27.8 Å². The van der Waals surface area contributed by atoms with Gasteiger partial charge in [-0.05, 0) is 94.6 Å². The van der Waals surface area contributed by atoms with Gasteiger partial charge in [0.25, 0.3) is 5.91 Å². The predicted molar refractivity (Wildman–Crippen MR) is 143 cm³/mol. The summed E-state index contributed by atoms with van der Waals surface area (Å²) in [5, 5.41) is 2.95. The summed E-state index contributed by atoms with van der Waals surface area (Å²) in [6, 6.07) is 29.4. The fourth-order valence-corrected chi connectivity index (χ4v) is 5.10. The van der Waals surface area contributed by atoms with Gasteiger partial charge in [-0.1, -0.05) is 60.7 Å². The minimum absolute atomic E-state index is 0.0592. The molecule has 2 aliphatic rings. The van der Waals surface area contributed by atoms with Crippen LogP contribution >= 0.6 is 0 Å². The summed E-state index contributed by atoms with van der Waals surface area (Å²) in [7, 11) is 0. The van der Waals surface area contributed by atoms with Crippen LogP contribution in [0.25, 0.3) is 11.6 Å². The second-order valence-corrected chi connectivity index (χ2v) is 9.36. The number of hydrogen-bond acceptors (Lipinski definition) is 3. The molecule has 0 aromatic heterocycles. The van der Waals surface area contributed by atoms with Crippen molar-refractivity contribution >= 4 is 23.2 Å². The maximum Gasteiger partial charge on any atom is 0.262 e. The van der Waals surface area contributed by atoms with Gasteiger partial charge in [0.05, 0.1) is 5.69 Å². The lowest BCUT2D eigenvalue weighted by molar-refractivity contribution is -0.118. The summed E-state index contributed by atoms with van der Waals surface area (Å²) >= 11 is 0.